The number of ether oxygens (including phenoxy) is 1. The van der Waals surface area contributed by atoms with Gasteiger partial charge in [-0.05, 0) is 42.7 Å². The fourth-order valence-electron chi connectivity index (χ4n) is 1.93. The van der Waals surface area contributed by atoms with Crippen molar-refractivity contribution < 1.29 is 9.53 Å². The molecule has 0 N–H and O–H groups in total. The Bertz CT molecular complexity index is 750. The zero-order chi connectivity index (χ0) is 13.9. The number of carbonyl (C=O) groups is 1. The highest BCUT2D eigenvalue weighted by Gasteiger charge is 2.13. The summed E-state index contributed by atoms with van der Waals surface area (Å²) in [6.07, 6.45) is 4.56. The van der Waals surface area contributed by atoms with Crippen LogP contribution in [0.2, 0.25) is 0 Å². The Morgan fingerprint density at radius 3 is 2.70 bits per heavy atom. The van der Waals surface area contributed by atoms with Crippen LogP contribution in [0, 0.1) is 0 Å². The molecule has 0 bridgehead atoms. The second-order valence-corrected chi connectivity index (χ2v) is 5.01. The Morgan fingerprint density at radius 1 is 1.20 bits per heavy atom. The van der Waals surface area contributed by atoms with Gasteiger partial charge < -0.3 is 4.74 Å². The van der Waals surface area contributed by atoms with Crippen molar-refractivity contribution in [3.63, 3.8) is 0 Å². The number of imidazole rings is 1. The second kappa shape index (κ2) is 5.38. The lowest BCUT2D eigenvalue weighted by Gasteiger charge is -2.03. The summed E-state index contributed by atoms with van der Waals surface area (Å²) in [5, 5.41) is 0. The van der Waals surface area contributed by atoms with Crippen LogP contribution in [0.4, 0.5) is 0 Å². The van der Waals surface area contributed by atoms with Gasteiger partial charge in [-0.1, -0.05) is 6.07 Å². The number of hydrogen-bond acceptors (Lipinski definition) is 4. The average Bonchev–Trinajstić information content (AvgIpc) is 2.85. The topological polar surface area (TPSA) is 43.6 Å². The van der Waals surface area contributed by atoms with Gasteiger partial charge in [-0.15, -0.1) is 11.8 Å². The first-order chi connectivity index (χ1) is 9.81. The summed E-state index contributed by atoms with van der Waals surface area (Å²) in [6.45, 7) is 0. The number of hydrogen-bond donors (Lipinski definition) is 0. The molecule has 2 aromatic heterocycles. The number of fused-ring (bicyclic) bond motifs is 1. The second-order valence-electron chi connectivity index (χ2n) is 4.13. The van der Waals surface area contributed by atoms with E-state index in [4.69, 9.17) is 4.74 Å². The fraction of sp³-hybridized carbons (Fsp3) is 0.0667. The number of thioether (sulfide) groups is 1. The van der Waals surface area contributed by atoms with Crippen LogP contribution in [-0.4, -0.2) is 21.9 Å². The molecule has 100 valence electrons. The molecule has 0 atom stereocenters. The van der Waals surface area contributed by atoms with Gasteiger partial charge in [-0.2, -0.15) is 4.98 Å². The normalized spacial score (nSPS) is 10.7. The molecule has 0 spiro atoms. The van der Waals surface area contributed by atoms with Crippen molar-refractivity contribution in [2.45, 2.75) is 4.90 Å². The van der Waals surface area contributed by atoms with Crippen LogP contribution in [0.5, 0.6) is 11.6 Å². The van der Waals surface area contributed by atoms with E-state index in [-0.39, 0.29) is 0 Å². The van der Waals surface area contributed by atoms with Gasteiger partial charge in [0.1, 0.15) is 11.4 Å². The van der Waals surface area contributed by atoms with Crippen molar-refractivity contribution in [2.24, 2.45) is 0 Å². The first kappa shape index (κ1) is 12.7. The Morgan fingerprint density at radius 2 is 2.00 bits per heavy atom. The minimum Gasteiger partial charge on any atom is -0.437 e. The summed E-state index contributed by atoms with van der Waals surface area (Å²) in [7, 11) is 0. The maximum Gasteiger partial charge on any atom is 0.249 e. The van der Waals surface area contributed by atoms with Crippen molar-refractivity contribution in [3.8, 4) is 11.6 Å². The van der Waals surface area contributed by atoms with Gasteiger partial charge in [0.15, 0.2) is 12.0 Å². The first-order valence-corrected chi connectivity index (χ1v) is 7.28. The lowest BCUT2D eigenvalue weighted by Crippen LogP contribution is -1.92. The molecule has 0 aliphatic heterocycles. The number of aromatic nitrogens is 2. The van der Waals surface area contributed by atoms with Crippen LogP contribution in [0.15, 0.2) is 53.6 Å². The fourth-order valence-corrected chi connectivity index (χ4v) is 2.34. The standard InChI is InChI=1S/C15H12N2O2S/c1-20-12-7-5-11(6-8-12)19-15-13(10-18)17-9-3-2-4-14(17)16-15/h2-10H,1H3. The Hall–Kier alpha value is -2.27. The molecule has 0 unspecified atom stereocenters. The van der Waals surface area contributed by atoms with Gasteiger partial charge in [-0.25, -0.2) is 0 Å². The van der Waals surface area contributed by atoms with Gasteiger partial charge in [0.05, 0.1) is 0 Å². The molecule has 0 aliphatic rings. The maximum absolute atomic E-state index is 11.2. The number of aldehydes is 1. The zero-order valence-corrected chi connectivity index (χ0v) is 11.6. The molecular weight excluding hydrogens is 272 g/mol. The smallest absolute Gasteiger partial charge is 0.249 e. The molecule has 2 heterocycles. The summed E-state index contributed by atoms with van der Waals surface area (Å²) in [5.74, 6) is 0.984. The van der Waals surface area contributed by atoms with E-state index < -0.39 is 0 Å². The van der Waals surface area contributed by atoms with Gasteiger partial charge in [-0.3, -0.25) is 9.20 Å². The summed E-state index contributed by atoms with van der Waals surface area (Å²) in [5.41, 5.74) is 1.10. The highest BCUT2D eigenvalue weighted by Crippen LogP contribution is 2.26. The monoisotopic (exact) mass is 284 g/mol. The molecule has 1 aromatic carbocycles. The number of pyridine rings is 1. The zero-order valence-electron chi connectivity index (χ0n) is 10.8. The minimum atomic E-state index is 0.322. The molecule has 0 aliphatic carbocycles. The van der Waals surface area contributed by atoms with E-state index in [0.717, 1.165) is 11.2 Å². The van der Waals surface area contributed by atoms with Crippen LogP contribution in [0.1, 0.15) is 10.5 Å². The number of carbonyl (C=O) groups excluding carboxylic acids is 1. The van der Waals surface area contributed by atoms with Crippen LogP contribution in [0.25, 0.3) is 5.65 Å². The Kier molecular flexibility index (Phi) is 3.43. The number of benzene rings is 1. The van der Waals surface area contributed by atoms with Crippen LogP contribution >= 0.6 is 11.8 Å². The van der Waals surface area contributed by atoms with Crippen LogP contribution in [0.3, 0.4) is 0 Å². The molecule has 0 saturated carbocycles. The van der Waals surface area contributed by atoms with Crippen molar-refractivity contribution in [2.75, 3.05) is 6.26 Å². The Balaban J connectivity index is 1.99. The van der Waals surface area contributed by atoms with Crippen LogP contribution in [-0.2, 0) is 0 Å². The third-order valence-electron chi connectivity index (χ3n) is 2.92. The van der Waals surface area contributed by atoms with Gasteiger partial charge in [0, 0.05) is 11.1 Å². The average molecular weight is 284 g/mol. The molecule has 20 heavy (non-hydrogen) atoms. The highest BCUT2D eigenvalue weighted by molar-refractivity contribution is 7.98. The third kappa shape index (κ3) is 2.28. The predicted octanol–water partition coefficient (Wildman–Crippen LogP) is 3.66. The summed E-state index contributed by atoms with van der Waals surface area (Å²) in [6, 6.07) is 13.2. The molecule has 5 heteroatoms. The first-order valence-electron chi connectivity index (χ1n) is 6.06. The van der Waals surface area contributed by atoms with E-state index in [2.05, 4.69) is 4.98 Å². The number of nitrogens with zero attached hydrogens (tertiary/aromatic N) is 2. The third-order valence-corrected chi connectivity index (χ3v) is 3.66. The van der Waals surface area contributed by atoms with Crippen molar-refractivity contribution in [1.82, 2.24) is 9.38 Å². The van der Waals surface area contributed by atoms with Crippen molar-refractivity contribution in [3.05, 3.63) is 54.4 Å². The molecule has 0 saturated heterocycles. The molecule has 4 nitrogen and oxygen atoms in total. The van der Waals surface area contributed by atoms with Gasteiger partial charge >= 0.3 is 0 Å². The number of rotatable bonds is 4. The molecule has 3 rings (SSSR count). The van der Waals surface area contributed by atoms with Crippen LogP contribution < -0.4 is 4.74 Å². The predicted molar refractivity (Wildman–Crippen MR) is 78.9 cm³/mol. The summed E-state index contributed by atoms with van der Waals surface area (Å²) < 4.78 is 7.42. The van der Waals surface area contributed by atoms with Crippen molar-refractivity contribution >= 4 is 23.7 Å². The minimum absolute atomic E-state index is 0.322. The highest BCUT2D eigenvalue weighted by atomic mass is 32.2. The molecular formula is C15H12N2O2S. The molecule has 0 amide bonds. The van der Waals surface area contributed by atoms with E-state index in [9.17, 15) is 4.79 Å². The van der Waals surface area contributed by atoms with E-state index in [1.54, 1.807) is 22.4 Å². The summed E-state index contributed by atoms with van der Waals surface area (Å²) >= 11 is 1.66. The molecule has 0 radical (unpaired) electrons. The van der Waals surface area contributed by atoms with Gasteiger partial charge in [0.25, 0.3) is 0 Å². The van der Waals surface area contributed by atoms with Gasteiger partial charge in [0.2, 0.25) is 5.88 Å². The lowest BCUT2D eigenvalue weighted by molar-refractivity contribution is 0.111. The lowest BCUT2D eigenvalue weighted by atomic mass is 10.3. The van der Waals surface area contributed by atoms with E-state index in [1.165, 1.54) is 0 Å². The molecule has 0 fully saturated rings. The largest absolute Gasteiger partial charge is 0.437 e. The van der Waals surface area contributed by atoms with E-state index in [1.807, 2.05) is 48.7 Å². The molecule has 3 aromatic rings. The Labute approximate surface area is 120 Å². The summed E-state index contributed by atoms with van der Waals surface area (Å²) in [4.78, 5) is 16.7. The maximum atomic E-state index is 11.2. The van der Waals surface area contributed by atoms with E-state index in [0.29, 0.717) is 23.0 Å². The SMILES string of the molecule is CSc1ccc(Oc2nc3ccccn3c2C=O)cc1. The quantitative estimate of drug-likeness (QED) is 0.541. The van der Waals surface area contributed by atoms with Crippen molar-refractivity contribution in [1.29, 1.82) is 0 Å². The van der Waals surface area contributed by atoms with E-state index >= 15 is 0 Å².